The minimum Gasteiger partial charge on any atom is -0.397 e. The molecule has 1 aliphatic heterocycles. The summed E-state index contributed by atoms with van der Waals surface area (Å²) in [4.78, 5) is 16.0. The van der Waals surface area contributed by atoms with Gasteiger partial charge in [-0.25, -0.2) is 0 Å². The normalized spacial score (nSPS) is 19.2. The van der Waals surface area contributed by atoms with Crippen LogP contribution >= 0.6 is 11.6 Å². The summed E-state index contributed by atoms with van der Waals surface area (Å²) < 4.78 is 0. The SMILES string of the molecule is CN1CCN(c2ccc(Cl)cc2N)C(C)(C)C1=O. The third-order valence-electron chi connectivity index (χ3n) is 3.48. The fraction of sp³-hybridized carbons (Fsp3) is 0.462. The number of carbonyl (C=O) groups excluding carboxylic acids is 1. The van der Waals surface area contributed by atoms with Gasteiger partial charge in [0.25, 0.3) is 0 Å². The first-order valence-electron chi connectivity index (χ1n) is 5.92. The van der Waals surface area contributed by atoms with Crippen LogP contribution in [0.3, 0.4) is 0 Å². The quantitative estimate of drug-likeness (QED) is 0.792. The molecule has 2 N–H and O–H groups in total. The van der Waals surface area contributed by atoms with Crippen LogP contribution in [0.2, 0.25) is 5.02 Å². The van der Waals surface area contributed by atoms with E-state index >= 15 is 0 Å². The van der Waals surface area contributed by atoms with Gasteiger partial charge in [0, 0.05) is 25.2 Å². The minimum atomic E-state index is -0.588. The molecule has 0 aliphatic carbocycles. The van der Waals surface area contributed by atoms with Crippen LogP contribution in [0.15, 0.2) is 18.2 Å². The highest BCUT2D eigenvalue weighted by atomic mass is 35.5. The van der Waals surface area contributed by atoms with Gasteiger partial charge >= 0.3 is 0 Å². The van der Waals surface area contributed by atoms with Crippen molar-refractivity contribution in [2.45, 2.75) is 19.4 Å². The summed E-state index contributed by atoms with van der Waals surface area (Å²) in [5, 5.41) is 0.606. The lowest BCUT2D eigenvalue weighted by Gasteiger charge is -2.46. The zero-order chi connectivity index (χ0) is 13.5. The second-order valence-corrected chi connectivity index (χ2v) is 5.58. The van der Waals surface area contributed by atoms with Crippen LogP contribution in [0.1, 0.15) is 13.8 Å². The van der Waals surface area contributed by atoms with Gasteiger partial charge < -0.3 is 15.5 Å². The molecule has 1 aliphatic rings. The van der Waals surface area contributed by atoms with Crippen LogP contribution in [0, 0.1) is 0 Å². The maximum Gasteiger partial charge on any atom is 0.247 e. The molecule has 5 heteroatoms. The van der Waals surface area contributed by atoms with Crippen LogP contribution in [-0.4, -0.2) is 36.5 Å². The number of anilines is 2. The van der Waals surface area contributed by atoms with E-state index in [0.717, 1.165) is 12.2 Å². The number of halogens is 1. The molecular formula is C13H18ClN3O. The van der Waals surface area contributed by atoms with Crippen molar-refractivity contribution in [1.29, 1.82) is 0 Å². The molecule has 18 heavy (non-hydrogen) atoms. The topological polar surface area (TPSA) is 49.6 Å². The molecule has 0 bridgehead atoms. The second kappa shape index (κ2) is 4.35. The Kier molecular flexibility index (Phi) is 3.15. The van der Waals surface area contributed by atoms with Gasteiger partial charge in [-0.2, -0.15) is 0 Å². The summed E-state index contributed by atoms with van der Waals surface area (Å²) in [6.07, 6.45) is 0. The molecule has 1 aromatic rings. The Bertz CT molecular complexity index is 487. The van der Waals surface area contributed by atoms with Crippen LogP contribution in [0.25, 0.3) is 0 Å². The van der Waals surface area contributed by atoms with Crippen molar-refractivity contribution in [3.05, 3.63) is 23.2 Å². The van der Waals surface area contributed by atoms with Crippen molar-refractivity contribution in [2.24, 2.45) is 0 Å². The Morgan fingerprint density at radius 2 is 2.00 bits per heavy atom. The number of hydrogen-bond acceptors (Lipinski definition) is 3. The third kappa shape index (κ3) is 2.01. The van der Waals surface area contributed by atoms with Gasteiger partial charge in [0.1, 0.15) is 5.54 Å². The molecule has 0 aromatic heterocycles. The minimum absolute atomic E-state index is 0.100. The van der Waals surface area contributed by atoms with E-state index in [-0.39, 0.29) is 5.91 Å². The number of nitrogen functional groups attached to an aromatic ring is 1. The highest BCUT2D eigenvalue weighted by Crippen LogP contribution is 2.33. The molecule has 1 heterocycles. The van der Waals surface area contributed by atoms with Crippen molar-refractivity contribution in [3.8, 4) is 0 Å². The van der Waals surface area contributed by atoms with Gasteiger partial charge in [0.15, 0.2) is 0 Å². The standard InChI is InChI=1S/C13H18ClN3O/c1-13(2)12(18)16(3)6-7-17(13)11-5-4-9(14)8-10(11)15/h4-5,8H,6-7,15H2,1-3H3. The Labute approximate surface area is 112 Å². The maximum absolute atomic E-state index is 12.2. The van der Waals surface area contributed by atoms with Gasteiger partial charge in [-0.3, -0.25) is 4.79 Å². The van der Waals surface area contributed by atoms with E-state index in [0.29, 0.717) is 17.3 Å². The van der Waals surface area contributed by atoms with Crippen LogP contribution in [0.4, 0.5) is 11.4 Å². The van der Waals surface area contributed by atoms with Crippen molar-refractivity contribution in [3.63, 3.8) is 0 Å². The summed E-state index contributed by atoms with van der Waals surface area (Å²) in [5.41, 5.74) is 6.89. The Hall–Kier alpha value is -1.42. The smallest absolute Gasteiger partial charge is 0.247 e. The van der Waals surface area contributed by atoms with Gasteiger partial charge in [0.2, 0.25) is 5.91 Å². The molecule has 4 nitrogen and oxygen atoms in total. The zero-order valence-electron chi connectivity index (χ0n) is 10.9. The predicted octanol–water partition coefficient (Wildman–Crippen LogP) is 1.98. The summed E-state index contributed by atoms with van der Waals surface area (Å²) in [6, 6.07) is 5.39. The van der Waals surface area contributed by atoms with Gasteiger partial charge in [-0.15, -0.1) is 0 Å². The molecule has 0 unspecified atom stereocenters. The van der Waals surface area contributed by atoms with Crippen molar-refractivity contribution in [1.82, 2.24) is 4.90 Å². The first-order chi connectivity index (χ1) is 8.34. The van der Waals surface area contributed by atoms with E-state index in [9.17, 15) is 4.79 Å². The van der Waals surface area contributed by atoms with Gasteiger partial charge in [-0.1, -0.05) is 11.6 Å². The molecule has 0 radical (unpaired) electrons. The second-order valence-electron chi connectivity index (χ2n) is 5.14. The average molecular weight is 268 g/mol. The van der Waals surface area contributed by atoms with E-state index < -0.39 is 5.54 Å². The summed E-state index contributed by atoms with van der Waals surface area (Å²) >= 11 is 5.91. The first kappa shape index (κ1) is 13.0. The molecule has 1 saturated heterocycles. The molecule has 1 aromatic carbocycles. The number of amides is 1. The fourth-order valence-corrected chi connectivity index (χ4v) is 2.59. The van der Waals surface area contributed by atoms with Crippen molar-refractivity contribution in [2.75, 3.05) is 30.8 Å². The third-order valence-corrected chi connectivity index (χ3v) is 3.72. The molecule has 1 amide bonds. The summed E-state index contributed by atoms with van der Waals surface area (Å²) in [6.45, 7) is 5.30. The Morgan fingerprint density at radius 1 is 1.33 bits per heavy atom. The number of nitrogens with zero attached hydrogens (tertiary/aromatic N) is 2. The maximum atomic E-state index is 12.2. The van der Waals surface area contributed by atoms with E-state index in [1.54, 1.807) is 17.0 Å². The van der Waals surface area contributed by atoms with E-state index in [4.69, 9.17) is 17.3 Å². The van der Waals surface area contributed by atoms with E-state index in [1.807, 2.05) is 31.9 Å². The molecule has 98 valence electrons. The average Bonchev–Trinajstić information content (AvgIpc) is 2.28. The highest BCUT2D eigenvalue weighted by molar-refractivity contribution is 6.31. The number of piperazine rings is 1. The first-order valence-corrected chi connectivity index (χ1v) is 6.30. The summed E-state index contributed by atoms with van der Waals surface area (Å²) in [7, 11) is 1.83. The van der Waals surface area contributed by atoms with Crippen LogP contribution < -0.4 is 10.6 Å². The van der Waals surface area contributed by atoms with Crippen molar-refractivity contribution >= 4 is 28.9 Å². The number of rotatable bonds is 1. The van der Waals surface area contributed by atoms with E-state index in [1.165, 1.54) is 0 Å². The molecule has 1 fully saturated rings. The Morgan fingerprint density at radius 3 is 2.61 bits per heavy atom. The molecule has 0 saturated carbocycles. The van der Waals surface area contributed by atoms with Gasteiger partial charge in [-0.05, 0) is 32.0 Å². The lowest BCUT2D eigenvalue weighted by atomic mass is 9.96. The Balaban J connectivity index is 2.41. The predicted molar refractivity (Wildman–Crippen MR) is 74.9 cm³/mol. The highest BCUT2D eigenvalue weighted by Gasteiger charge is 2.41. The zero-order valence-corrected chi connectivity index (χ0v) is 11.7. The largest absolute Gasteiger partial charge is 0.397 e. The number of hydrogen-bond donors (Lipinski definition) is 1. The van der Waals surface area contributed by atoms with Crippen LogP contribution in [0.5, 0.6) is 0 Å². The van der Waals surface area contributed by atoms with Gasteiger partial charge in [0.05, 0.1) is 11.4 Å². The molecular weight excluding hydrogens is 250 g/mol. The summed E-state index contributed by atoms with van der Waals surface area (Å²) in [5.74, 6) is 0.100. The number of likely N-dealkylation sites (N-methyl/N-ethyl adjacent to an activating group) is 1. The van der Waals surface area contributed by atoms with Crippen molar-refractivity contribution < 1.29 is 4.79 Å². The molecule has 2 rings (SSSR count). The number of benzene rings is 1. The molecule has 0 spiro atoms. The molecule has 0 atom stereocenters. The monoisotopic (exact) mass is 267 g/mol. The fourth-order valence-electron chi connectivity index (χ4n) is 2.41. The van der Waals surface area contributed by atoms with Crippen LogP contribution in [-0.2, 0) is 4.79 Å². The van der Waals surface area contributed by atoms with E-state index in [2.05, 4.69) is 0 Å². The lowest BCUT2D eigenvalue weighted by Crippen LogP contribution is -2.62. The lowest BCUT2D eigenvalue weighted by molar-refractivity contribution is -0.136. The number of carbonyl (C=O) groups is 1. The number of nitrogens with two attached hydrogens (primary N) is 1.